The van der Waals surface area contributed by atoms with Crippen LogP contribution in [0.3, 0.4) is 0 Å². The Morgan fingerprint density at radius 1 is 0.974 bits per heavy atom. The summed E-state index contributed by atoms with van der Waals surface area (Å²) in [6.45, 7) is 0.402. The maximum Gasteiger partial charge on any atom is 0.251 e. The van der Waals surface area contributed by atoms with E-state index in [9.17, 15) is 9.18 Å². The number of anilines is 2. The van der Waals surface area contributed by atoms with Crippen LogP contribution in [0.15, 0.2) is 78.9 Å². The number of hydrogen-bond donors (Lipinski definition) is 2. The molecule has 1 aliphatic carbocycles. The van der Waals surface area contributed by atoms with Crippen LogP contribution < -0.4 is 10.6 Å². The lowest BCUT2D eigenvalue weighted by Gasteiger charge is -2.12. The number of nitrogens with zero attached hydrogens (tertiary/aromatic N) is 3. The van der Waals surface area contributed by atoms with Crippen molar-refractivity contribution in [2.75, 3.05) is 11.9 Å². The molecule has 0 spiro atoms. The van der Waals surface area contributed by atoms with Gasteiger partial charge in [-0.25, -0.2) is 9.37 Å². The van der Waals surface area contributed by atoms with Gasteiger partial charge in [0.25, 0.3) is 5.91 Å². The van der Waals surface area contributed by atoms with Crippen molar-refractivity contribution in [1.29, 1.82) is 0 Å². The number of hydrogen-bond acceptors (Lipinski definition) is 4. The molecular weight excluding hydrogens is 536 g/mol. The number of halogens is 3. The second-order valence-electron chi connectivity index (χ2n) is 9.53. The Balaban J connectivity index is 1.20. The molecule has 0 aliphatic heterocycles. The fourth-order valence-electron chi connectivity index (χ4n) is 4.49. The molecule has 3 aromatic carbocycles. The molecule has 2 aromatic heterocycles. The third-order valence-corrected chi connectivity index (χ3v) is 7.44. The van der Waals surface area contributed by atoms with E-state index in [2.05, 4.69) is 15.6 Å². The van der Waals surface area contributed by atoms with E-state index in [0.717, 1.165) is 29.8 Å². The van der Waals surface area contributed by atoms with Crippen molar-refractivity contribution in [3.8, 4) is 11.3 Å². The normalized spacial score (nSPS) is 13.0. The molecular formula is C30H24Cl2FN5O. The number of nitrogens with one attached hydrogen (secondary N) is 2. The van der Waals surface area contributed by atoms with Crippen molar-refractivity contribution < 1.29 is 9.18 Å². The fraction of sp³-hybridized carbons (Fsp3) is 0.167. The minimum absolute atomic E-state index is 0.195. The minimum atomic E-state index is -0.339. The molecule has 5 aromatic rings. The Labute approximate surface area is 234 Å². The summed E-state index contributed by atoms with van der Waals surface area (Å²) in [5, 5.41) is 12.2. The molecule has 0 unspecified atom stereocenters. The first kappa shape index (κ1) is 25.3. The van der Waals surface area contributed by atoms with Crippen LogP contribution in [0.5, 0.6) is 0 Å². The maximum absolute atomic E-state index is 14.6. The quantitative estimate of drug-likeness (QED) is 0.207. The van der Waals surface area contributed by atoms with Crippen LogP contribution in [0, 0.1) is 5.82 Å². The average Bonchev–Trinajstić information content (AvgIpc) is 3.69. The molecule has 9 heteroatoms. The van der Waals surface area contributed by atoms with Crippen molar-refractivity contribution in [1.82, 2.24) is 19.9 Å². The van der Waals surface area contributed by atoms with Crippen LogP contribution in [0.4, 0.5) is 15.9 Å². The molecule has 0 atom stereocenters. The van der Waals surface area contributed by atoms with E-state index in [-0.39, 0.29) is 11.7 Å². The highest BCUT2D eigenvalue weighted by atomic mass is 35.5. The lowest BCUT2D eigenvalue weighted by atomic mass is 10.1. The van der Waals surface area contributed by atoms with Gasteiger partial charge < -0.3 is 10.6 Å². The van der Waals surface area contributed by atoms with Crippen LogP contribution in [0.25, 0.3) is 16.9 Å². The molecule has 1 aliphatic rings. The summed E-state index contributed by atoms with van der Waals surface area (Å²) in [5.41, 5.74) is 4.65. The second-order valence-corrected chi connectivity index (χ2v) is 10.3. The molecule has 6 rings (SSSR count). The van der Waals surface area contributed by atoms with E-state index in [1.54, 1.807) is 59.1 Å². The van der Waals surface area contributed by atoms with E-state index < -0.39 is 0 Å². The van der Waals surface area contributed by atoms with Gasteiger partial charge in [-0.15, -0.1) is 0 Å². The van der Waals surface area contributed by atoms with E-state index in [1.807, 2.05) is 18.2 Å². The molecule has 2 N–H and O–H groups in total. The summed E-state index contributed by atoms with van der Waals surface area (Å²) in [6, 6.07) is 22.8. The van der Waals surface area contributed by atoms with E-state index in [0.29, 0.717) is 57.2 Å². The predicted molar refractivity (Wildman–Crippen MR) is 153 cm³/mol. The number of rotatable bonds is 8. The first-order valence-corrected chi connectivity index (χ1v) is 13.5. The largest absolute Gasteiger partial charge is 0.352 e. The van der Waals surface area contributed by atoms with Crippen molar-refractivity contribution in [3.63, 3.8) is 0 Å². The average molecular weight is 560 g/mol. The molecule has 1 fully saturated rings. The van der Waals surface area contributed by atoms with Gasteiger partial charge in [0, 0.05) is 51.5 Å². The number of benzene rings is 3. The van der Waals surface area contributed by atoms with E-state index in [4.69, 9.17) is 28.3 Å². The first-order valence-electron chi connectivity index (χ1n) is 12.7. The SMILES string of the molecule is O=C(NCCc1c(Cl)cccc1Cl)c1ccc(Nc2cc(-c3ccccc3F)nc3cc(C4CC4)nn23)cc1. The number of carbonyl (C=O) groups excluding carboxylic acids is 1. The topological polar surface area (TPSA) is 71.3 Å². The summed E-state index contributed by atoms with van der Waals surface area (Å²) >= 11 is 12.4. The van der Waals surface area contributed by atoms with Gasteiger partial charge in [0.05, 0.1) is 11.4 Å². The van der Waals surface area contributed by atoms with Crippen molar-refractivity contribution in [2.24, 2.45) is 0 Å². The zero-order valence-corrected chi connectivity index (χ0v) is 22.3. The lowest BCUT2D eigenvalue weighted by molar-refractivity contribution is 0.0954. The number of amides is 1. The fourth-order valence-corrected chi connectivity index (χ4v) is 5.08. The number of aromatic nitrogens is 3. The predicted octanol–water partition coefficient (Wildman–Crippen LogP) is 7.44. The van der Waals surface area contributed by atoms with Gasteiger partial charge in [-0.1, -0.05) is 41.4 Å². The zero-order chi connectivity index (χ0) is 26.9. The summed E-state index contributed by atoms with van der Waals surface area (Å²) < 4.78 is 16.3. The van der Waals surface area contributed by atoms with Crippen LogP contribution in [0.1, 0.15) is 40.4 Å². The first-order chi connectivity index (χ1) is 19.0. The second kappa shape index (κ2) is 10.7. The highest BCUT2D eigenvalue weighted by Gasteiger charge is 2.27. The van der Waals surface area contributed by atoms with Gasteiger partial charge >= 0.3 is 0 Å². The Morgan fingerprint density at radius 3 is 2.44 bits per heavy atom. The van der Waals surface area contributed by atoms with Crippen molar-refractivity contribution in [2.45, 2.75) is 25.2 Å². The van der Waals surface area contributed by atoms with E-state index in [1.165, 1.54) is 6.07 Å². The number of carbonyl (C=O) groups is 1. The molecule has 1 saturated carbocycles. The van der Waals surface area contributed by atoms with Crippen molar-refractivity contribution >= 4 is 46.3 Å². The molecule has 6 nitrogen and oxygen atoms in total. The Morgan fingerprint density at radius 2 is 1.72 bits per heavy atom. The lowest BCUT2D eigenvalue weighted by Crippen LogP contribution is -2.25. The van der Waals surface area contributed by atoms with Gasteiger partial charge in [-0.05, 0) is 73.4 Å². The Hall–Kier alpha value is -3.94. The standard InChI is InChI=1S/C30H24Cl2FN5O/c31-23-5-3-6-24(32)21(23)14-15-34-30(39)19-10-12-20(13-11-19)35-28-17-27(22-4-1-2-7-25(22)33)36-29-16-26(18-8-9-18)37-38(28)29/h1-7,10-13,16-18,35H,8-9,14-15H2,(H,34,39). The molecule has 1 amide bonds. The Kier molecular flexibility index (Phi) is 6.94. The molecule has 39 heavy (non-hydrogen) atoms. The summed E-state index contributed by atoms with van der Waals surface area (Å²) in [7, 11) is 0. The minimum Gasteiger partial charge on any atom is -0.352 e. The Bertz CT molecular complexity index is 1660. The van der Waals surface area contributed by atoms with Crippen LogP contribution in [-0.2, 0) is 6.42 Å². The van der Waals surface area contributed by atoms with Gasteiger partial charge in [-0.3, -0.25) is 4.79 Å². The third-order valence-electron chi connectivity index (χ3n) is 6.73. The summed E-state index contributed by atoms with van der Waals surface area (Å²) in [6.07, 6.45) is 2.75. The summed E-state index contributed by atoms with van der Waals surface area (Å²) in [4.78, 5) is 17.4. The van der Waals surface area contributed by atoms with Crippen molar-refractivity contribution in [3.05, 3.63) is 112 Å². The molecule has 0 bridgehead atoms. The zero-order valence-electron chi connectivity index (χ0n) is 20.8. The maximum atomic E-state index is 14.6. The number of fused-ring (bicyclic) bond motifs is 1. The highest BCUT2D eigenvalue weighted by molar-refractivity contribution is 6.36. The smallest absolute Gasteiger partial charge is 0.251 e. The molecule has 0 radical (unpaired) electrons. The summed E-state index contributed by atoms with van der Waals surface area (Å²) in [5.74, 6) is 0.565. The highest BCUT2D eigenvalue weighted by Crippen LogP contribution is 2.40. The van der Waals surface area contributed by atoms with Crippen LogP contribution >= 0.6 is 23.2 Å². The third kappa shape index (κ3) is 5.46. The van der Waals surface area contributed by atoms with E-state index >= 15 is 0 Å². The van der Waals surface area contributed by atoms with Crippen LogP contribution in [0.2, 0.25) is 10.0 Å². The van der Waals surface area contributed by atoms with Gasteiger partial charge in [0.15, 0.2) is 5.65 Å². The van der Waals surface area contributed by atoms with Gasteiger partial charge in [0.2, 0.25) is 0 Å². The molecule has 196 valence electrons. The van der Waals surface area contributed by atoms with Crippen LogP contribution in [-0.4, -0.2) is 27.0 Å². The van der Waals surface area contributed by atoms with Gasteiger partial charge in [0.1, 0.15) is 11.6 Å². The molecule has 0 saturated heterocycles. The van der Waals surface area contributed by atoms with Gasteiger partial charge in [-0.2, -0.15) is 9.61 Å². The molecule has 2 heterocycles. The monoisotopic (exact) mass is 559 g/mol.